The molecule has 2 aromatic rings. The van der Waals surface area contributed by atoms with Crippen molar-refractivity contribution in [2.45, 2.75) is 43.6 Å². The Morgan fingerprint density at radius 1 is 0.976 bits per heavy atom. The highest BCUT2D eigenvalue weighted by atomic mass is 35.5. The van der Waals surface area contributed by atoms with Crippen molar-refractivity contribution in [3.63, 3.8) is 0 Å². The van der Waals surface area contributed by atoms with Crippen molar-refractivity contribution in [1.82, 2.24) is 9.80 Å². The fraction of sp³-hybridized carbons (Fsp3) is 0.406. The third kappa shape index (κ3) is 4.15. The number of hydrogen-bond acceptors (Lipinski definition) is 5. The van der Waals surface area contributed by atoms with E-state index in [-0.39, 0.29) is 30.9 Å². The summed E-state index contributed by atoms with van der Waals surface area (Å²) in [7, 11) is 1.71. The van der Waals surface area contributed by atoms with Crippen LogP contribution in [0.1, 0.15) is 18.1 Å². The Hall–Kier alpha value is -3.46. The van der Waals surface area contributed by atoms with E-state index in [1.807, 2.05) is 80.6 Å². The predicted octanol–water partition coefficient (Wildman–Crippen LogP) is 3.15. The largest absolute Gasteiger partial charge is 0.394 e. The van der Waals surface area contributed by atoms with E-state index in [1.165, 1.54) is 4.90 Å². The number of aliphatic hydroxyl groups excluding tert-OH is 1. The quantitative estimate of drug-likeness (QED) is 0.553. The van der Waals surface area contributed by atoms with E-state index in [0.29, 0.717) is 23.7 Å². The second-order valence-electron chi connectivity index (χ2n) is 11.6. The average Bonchev–Trinajstić information content (AvgIpc) is 3.23. The number of likely N-dealkylation sites (tertiary alicyclic amines) is 1. The highest BCUT2D eigenvalue weighted by Gasteiger charge is 2.75. The second kappa shape index (κ2) is 10.1. The topological polar surface area (TPSA) is 90.4 Å². The molecular formula is C32H34ClN3O5. The predicted molar refractivity (Wildman–Crippen MR) is 155 cm³/mol. The maximum atomic E-state index is 14.8. The zero-order valence-electron chi connectivity index (χ0n) is 23.4. The molecule has 0 aromatic heterocycles. The molecule has 0 aliphatic carbocycles. The van der Waals surface area contributed by atoms with E-state index >= 15 is 0 Å². The van der Waals surface area contributed by atoms with Gasteiger partial charge >= 0.3 is 0 Å². The van der Waals surface area contributed by atoms with Crippen LogP contribution in [0, 0.1) is 18.8 Å². The first-order chi connectivity index (χ1) is 19.6. The van der Waals surface area contributed by atoms with Gasteiger partial charge in [0.1, 0.15) is 11.6 Å². The van der Waals surface area contributed by atoms with Crippen molar-refractivity contribution >= 4 is 35.0 Å². The highest BCUT2D eigenvalue weighted by Crippen LogP contribution is 2.58. The summed E-state index contributed by atoms with van der Waals surface area (Å²) in [6.45, 7) is 3.96. The maximum absolute atomic E-state index is 14.8. The lowest BCUT2D eigenvalue weighted by atomic mass is 9.74. The van der Waals surface area contributed by atoms with Crippen LogP contribution in [0.15, 0.2) is 72.8 Å². The van der Waals surface area contributed by atoms with E-state index in [4.69, 9.17) is 16.3 Å². The number of halogens is 1. The molecule has 0 radical (unpaired) electrons. The zero-order valence-corrected chi connectivity index (χ0v) is 24.1. The van der Waals surface area contributed by atoms with Crippen molar-refractivity contribution < 1.29 is 24.2 Å². The number of benzene rings is 2. The molecule has 6 atom stereocenters. The molecule has 1 unspecified atom stereocenters. The first-order valence-electron chi connectivity index (χ1n) is 14.0. The Bertz CT molecular complexity index is 1440. The van der Waals surface area contributed by atoms with Gasteiger partial charge in [-0.05, 0) is 37.5 Å². The lowest BCUT2D eigenvalue weighted by Crippen LogP contribution is -2.59. The summed E-state index contributed by atoms with van der Waals surface area (Å²) in [5, 5.41) is 11.1. The van der Waals surface area contributed by atoms with Gasteiger partial charge in [0.05, 0.1) is 40.8 Å². The summed E-state index contributed by atoms with van der Waals surface area (Å²) in [5.74, 6) is -2.73. The number of carbonyl (C=O) groups is 3. The Morgan fingerprint density at radius 3 is 2.41 bits per heavy atom. The summed E-state index contributed by atoms with van der Waals surface area (Å²) < 4.78 is 6.86. The molecule has 6 rings (SSSR count). The van der Waals surface area contributed by atoms with Gasteiger partial charge in [0, 0.05) is 20.1 Å². The molecule has 2 fully saturated rings. The minimum Gasteiger partial charge on any atom is -0.394 e. The average molecular weight is 576 g/mol. The van der Waals surface area contributed by atoms with Crippen LogP contribution in [0.25, 0.3) is 0 Å². The molecule has 2 aromatic carbocycles. The maximum Gasteiger partial charge on any atom is 0.253 e. The molecule has 4 aliphatic rings. The van der Waals surface area contributed by atoms with Crippen molar-refractivity contribution in [3.05, 3.63) is 89.0 Å². The fourth-order valence-electron chi connectivity index (χ4n) is 7.28. The number of anilines is 1. The number of hydrogen-bond donors (Lipinski definition) is 1. The van der Waals surface area contributed by atoms with Gasteiger partial charge < -0.3 is 24.5 Å². The Balaban J connectivity index is 1.53. The number of ether oxygens (including phenoxy) is 1. The van der Waals surface area contributed by atoms with Gasteiger partial charge in [-0.2, -0.15) is 0 Å². The summed E-state index contributed by atoms with van der Waals surface area (Å²) in [5.41, 5.74) is -0.218. The van der Waals surface area contributed by atoms with Gasteiger partial charge in [0.25, 0.3) is 5.91 Å². The first-order valence-corrected chi connectivity index (χ1v) is 14.3. The van der Waals surface area contributed by atoms with Gasteiger partial charge in [-0.3, -0.25) is 14.4 Å². The van der Waals surface area contributed by atoms with Gasteiger partial charge in [-0.25, -0.2) is 0 Å². The smallest absolute Gasteiger partial charge is 0.253 e. The Labute approximate surface area is 244 Å². The van der Waals surface area contributed by atoms with Crippen molar-refractivity contribution in [1.29, 1.82) is 0 Å². The van der Waals surface area contributed by atoms with Gasteiger partial charge in [0.2, 0.25) is 11.8 Å². The van der Waals surface area contributed by atoms with E-state index in [2.05, 4.69) is 0 Å². The Kier molecular flexibility index (Phi) is 6.83. The molecule has 8 nitrogen and oxygen atoms in total. The molecule has 1 spiro atoms. The molecule has 2 saturated heterocycles. The number of aryl methyl sites for hydroxylation is 1. The van der Waals surface area contributed by atoms with Crippen LogP contribution in [0.2, 0.25) is 5.02 Å². The third-order valence-corrected chi connectivity index (χ3v) is 9.38. The molecule has 4 aliphatic heterocycles. The van der Waals surface area contributed by atoms with E-state index < -0.39 is 35.1 Å². The minimum atomic E-state index is -1.42. The molecule has 3 amide bonds. The van der Waals surface area contributed by atoms with Crippen molar-refractivity contribution in [2.75, 3.05) is 31.6 Å². The van der Waals surface area contributed by atoms with Crippen LogP contribution in [0.3, 0.4) is 0 Å². The molecule has 41 heavy (non-hydrogen) atoms. The second-order valence-corrected chi connectivity index (χ2v) is 12.1. The summed E-state index contributed by atoms with van der Waals surface area (Å²) in [6, 6.07) is 13.2. The minimum absolute atomic E-state index is 0.208. The van der Waals surface area contributed by atoms with Crippen LogP contribution in [-0.4, -0.2) is 82.7 Å². The number of rotatable bonds is 5. The van der Waals surface area contributed by atoms with Gasteiger partial charge in [0.15, 0.2) is 0 Å². The van der Waals surface area contributed by atoms with Gasteiger partial charge in [-0.15, -0.1) is 0 Å². The zero-order chi connectivity index (χ0) is 29.1. The molecule has 9 heteroatoms. The molecule has 0 bridgehead atoms. The highest BCUT2D eigenvalue weighted by molar-refractivity contribution is 6.34. The number of nitrogens with zero attached hydrogens (tertiary/aromatic N) is 3. The monoisotopic (exact) mass is 575 g/mol. The lowest BCUT2D eigenvalue weighted by molar-refractivity contribution is -0.150. The third-order valence-electron chi connectivity index (χ3n) is 9.07. The standard InChI is InChI=1S/C32H34ClN3O5/c1-20-10-7-13-23(33)26(20)35-17-9-15-32-25(24-28(38)34(3)16-8-14-31(24,2)41-32)29(39)36(27(32)30(35)40)22(19-37)18-21-11-5-4-6-12-21/h4-15,22,24-25,27,37H,16-19H2,1-3H3/t22-,24-,25+,27?,31+,32+/m1/s1. The Morgan fingerprint density at radius 2 is 1.71 bits per heavy atom. The van der Waals surface area contributed by atoms with Gasteiger partial charge in [-0.1, -0.05) is 78.4 Å². The van der Waals surface area contributed by atoms with Crippen LogP contribution in [0.4, 0.5) is 5.69 Å². The van der Waals surface area contributed by atoms with Crippen molar-refractivity contribution in [3.8, 4) is 0 Å². The van der Waals surface area contributed by atoms with E-state index in [1.54, 1.807) is 22.9 Å². The summed E-state index contributed by atoms with van der Waals surface area (Å²) in [6.07, 6.45) is 7.71. The molecule has 0 saturated carbocycles. The number of para-hydroxylation sites is 1. The van der Waals surface area contributed by atoms with E-state index in [0.717, 1.165) is 11.1 Å². The van der Waals surface area contributed by atoms with Crippen LogP contribution in [0.5, 0.6) is 0 Å². The number of amides is 3. The number of aliphatic hydroxyl groups is 1. The van der Waals surface area contributed by atoms with E-state index in [9.17, 15) is 19.5 Å². The van der Waals surface area contributed by atoms with Crippen molar-refractivity contribution in [2.24, 2.45) is 11.8 Å². The molecule has 4 heterocycles. The van der Waals surface area contributed by atoms with Crippen LogP contribution >= 0.6 is 11.6 Å². The normalized spacial score (nSPS) is 31.6. The fourth-order valence-corrected chi connectivity index (χ4v) is 7.60. The number of likely N-dealkylation sites (N-methyl/N-ethyl adjacent to an activating group) is 1. The molecule has 1 N–H and O–H groups in total. The molecule has 214 valence electrons. The molecular weight excluding hydrogens is 542 g/mol. The summed E-state index contributed by atoms with van der Waals surface area (Å²) >= 11 is 6.64. The summed E-state index contributed by atoms with van der Waals surface area (Å²) in [4.78, 5) is 47.9. The van der Waals surface area contributed by atoms with Crippen LogP contribution < -0.4 is 4.90 Å². The first kappa shape index (κ1) is 27.7. The van der Waals surface area contributed by atoms with Crippen LogP contribution in [-0.2, 0) is 25.5 Å². The number of fused-ring (bicyclic) bond motifs is 2. The SMILES string of the molecule is Cc1cccc(Cl)c1N1CC=C[C@]23O[C@@]4(C)C=CCN(C)C(=O)[C@H]4[C@H]2C(=O)N([C@@H](CO)Cc2ccccc2)C3C1=O. The lowest BCUT2D eigenvalue weighted by Gasteiger charge is -2.40. The number of carbonyl (C=O) groups excluding carboxylic acids is 3.